The second kappa shape index (κ2) is 6.53. The predicted octanol–water partition coefficient (Wildman–Crippen LogP) is 0.631. The summed E-state index contributed by atoms with van der Waals surface area (Å²) in [6.07, 6.45) is 2.97. The highest BCUT2D eigenvalue weighted by Crippen LogP contribution is 1.95. The number of halogens is 1. The molecule has 0 unspecified atom stereocenters. The predicted molar refractivity (Wildman–Crippen MR) is 65.5 cm³/mol. The molecular weight excluding hydrogens is 287 g/mol. The van der Waals surface area contributed by atoms with Crippen LogP contribution in [0.15, 0.2) is 9.98 Å². The molecule has 70 valence electrons. The summed E-state index contributed by atoms with van der Waals surface area (Å²) in [5.74, 6) is 0.670. The molecule has 0 aromatic carbocycles. The maximum Gasteiger partial charge on any atom is 0.220 e. The highest BCUT2D eigenvalue weighted by Gasteiger charge is 2.01. The minimum Gasteiger partial charge on any atom is -0.378 e. The van der Waals surface area contributed by atoms with E-state index in [1.54, 1.807) is 0 Å². The molecule has 0 aliphatic carbocycles. The molecule has 4 nitrogen and oxygen atoms in total. The van der Waals surface area contributed by atoms with Gasteiger partial charge in [0.25, 0.3) is 0 Å². The van der Waals surface area contributed by atoms with Gasteiger partial charge in [-0.1, -0.05) is 11.8 Å². The van der Waals surface area contributed by atoms with Crippen molar-refractivity contribution in [2.75, 3.05) is 19.3 Å². The van der Waals surface area contributed by atoms with E-state index in [0.717, 1.165) is 19.5 Å². The minimum atomic E-state index is 0. The van der Waals surface area contributed by atoms with Crippen molar-refractivity contribution in [1.82, 2.24) is 5.32 Å². The van der Waals surface area contributed by atoms with Crippen LogP contribution in [0.1, 0.15) is 6.42 Å². The van der Waals surface area contributed by atoms with Crippen molar-refractivity contribution in [2.24, 2.45) is 15.7 Å². The van der Waals surface area contributed by atoms with Crippen LogP contribution in [0, 0.1) is 0 Å². The first kappa shape index (κ1) is 12.0. The third-order valence-electron chi connectivity index (χ3n) is 1.30. The van der Waals surface area contributed by atoms with Crippen LogP contribution in [0.2, 0.25) is 0 Å². The van der Waals surface area contributed by atoms with E-state index in [1.165, 1.54) is 11.8 Å². The molecule has 3 N–H and O–H groups in total. The molecule has 1 heterocycles. The number of hydrogen-bond acceptors (Lipinski definition) is 4. The molecule has 0 radical (unpaired) electrons. The monoisotopic (exact) mass is 300 g/mol. The molecule has 0 bridgehead atoms. The number of amidine groups is 1. The topological polar surface area (TPSA) is 62.8 Å². The molecule has 0 fully saturated rings. The zero-order chi connectivity index (χ0) is 8.10. The van der Waals surface area contributed by atoms with Crippen molar-refractivity contribution in [3.8, 4) is 0 Å². The molecule has 0 spiro atoms. The summed E-state index contributed by atoms with van der Waals surface area (Å²) in [5, 5.41) is 3.61. The summed E-state index contributed by atoms with van der Waals surface area (Å²) >= 11 is 1.43. The van der Waals surface area contributed by atoms with Gasteiger partial charge in [0.15, 0.2) is 5.17 Å². The van der Waals surface area contributed by atoms with Crippen LogP contribution in [0.3, 0.4) is 0 Å². The molecule has 0 saturated carbocycles. The third-order valence-corrected chi connectivity index (χ3v) is 1.81. The number of aliphatic imine (C=N–C) groups is 2. The van der Waals surface area contributed by atoms with Gasteiger partial charge in [0.05, 0.1) is 0 Å². The Labute approximate surface area is 93.5 Å². The van der Waals surface area contributed by atoms with Crippen LogP contribution in [-0.2, 0) is 0 Å². The average Bonchev–Trinajstić information content (AvgIpc) is 2.06. The Bertz CT molecular complexity index is 192. The van der Waals surface area contributed by atoms with Gasteiger partial charge in [0.2, 0.25) is 5.96 Å². The number of hydrogen-bond donors (Lipinski definition) is 2. The lowest BCUT2D eigenvalue weighted by atomic mass is 10.4. The van der Waals surface area contributed by atoms with E-state index >= 15 is 0 Å². The lowest BCUT2D eigenvalue weighted by molar-refractivity contribution is 0.736. The summed E-state index contributed by atoms with van der Waals surface area (Å²) in [5.41, 5.74) is 5.50. The zero-order valence-corrected chi connectivity index (χ0v) is 10.1. The van der Waals surface area contributed by atoms with Crippen LogP contribution >= 0.6 is 35.7 Å². The molecule has 1 rings (SSSR count). The second-order valence-electron chi connectivity index (χ2n) is 2.14. The molecule has 1 aliphatic rings. The van der Waals surface area contributed by atoms with Crippen molar-refractivity contribution < 1.29 is 0 Å². The van der Waals surface area contributed by atoms with Gasteiger partial charge in [0, 0.05) is 13.1 Å². The lowest BCUT2D eigenvalue weighted by Crippen LogP contribution is -2.29. The normalized spacial score (nSPS) is 17.4. The minimum absolute atomic E-state index is 0. The van der Waals surface area contributed by atoms with Gasteiger partial charge in [-0.25, -0.2) is 0 Å². The Morgan fingerprint density at radius 1 is 1.75 bits per heavy atom. The van der Waals surface area contributed by atoms with Crippen molar-refractivity contribution >= 4 is 46.9 Å². The second-order valence-corrected chi connectivity index (χ2v) is 2.97. The number of nitrogens with one attached hydrogen (secondary N) is 1. The van der Waals surface area contributed by atoms with Gasteiger partial charge < -0.3 is 11.1 Å². The van der Waals surface area contributed by atoms with Crippen LogP contribution in [0.25, 0.3) is 0 Å². The Morgan fingerprint density at radius 3 is 3.00 bits per heavy atom. The number of nitrogens with two attached hydrogens (primary N) is 1. The molecule has 0 amide bonds. The van der Waals surface area contributed by atoms with Gasteiger partial charge in [0.1, 0.15) is 0 Å². The summed E-state index contributed by atoms with van der Waals surface area (Å²) < 4.78 is 0. The van der Waals surface area contributed by atoms with Crippen molar-refractivity contribution in [3.63, 3.8) is 0 Å². The molecule has 0 saturated heterocycles. The largest absolute Gasteiger partial charge is 0.378 e. The molecule has 0 aromatic rings. The fourth-order valence-corrected chi connectivity index (χ4v) is 0.923. The highest BCUT2D eigenvalue weighted by atomic mass is 127. The summed E-state index contributed by atoms with van der Waals surface area (Å²) in [7, 11) is 0. The Kier molecular flexibility index (Phi) is 6.54. The van der Waals surface area contributed by atoms with E-state index in [9.17, 15) is 0 Å². The molecule has 12 heavy (non-hydrogen) atoms. The molecular formula is C6H13IN4S. The van der Waals surface area contributed by atoms with E-state index in [4.69, 9.17) is 5.73 Å². The first-order chi connectivity index (χ1) is 5.33. The van der Waals surface area contributed by atoms with Crippen LogP contribution < -0.4 is 11.1 Å². The van der Waals surface area contributed by atoms with Crippen molar-refractivity contribution in [1.29, 1.82) is 0 Å². The lowest BCUT2D eigenvalue weighted by Gasteiger charge is -2.10. The Hall–Kier alpha value is 0.0200. The molecule has 0 atom stereocenters. The molecule has 1 aliphatic heterocycles. The molecule has 6 heteroatoms. The van der Waals surface area contributed by atoms with Gasteiger partial charge in [-0.2, -0.15) is 4.99 Å². The standard InChI is InChI=1S/C6H12N4S.HI/c1-11-5(7)10-6-8-3-2-4-9-6;/h2-4H2,1H3,(H3,7,8,9,10);1H. The SMILES string of the molecule is CSC(N)=NC1=NCCCN1.I. The van der Waals surface area contributed by atoms with Crippen molar-refractivity contribution in [2.45, 2.75) is 6.42 Å². The number of rotatable bonds is 0. The van der Waals surface area contributed by atoms with Gasteiger partial charge in [-0.15, -0.1) is 24.0 Å². The Morgan fingerprint density at radius 2 is 2.50 bits per heavy atom. The molecule has 0 aromatic heterocycles. The fourth-order valence-electron chi connectivity index (χ4n) is 0.745. The summed E-state index contributed by atoms with van der Waals surface area (Å²) in [6, 6.07) is 0. The third kappa shape index (κ3) is 4.15. The average molecular weight is 300 g/mol. The smallest absolute Gasteiger partial charge is 0.220 e. The van der Waals surface area contributed by atoms with E-state index in [2.05, 4.69) is 15.3 Å². The fraction of sp³-hybridized carbons (Fsp3) is 0.667. The van der Waals surface area contributed by atoms with Crippen LogP contribution in [0.5, 0.6) is 0 Å². The summed E-state index contributed by atoms with van der Waals surface area (Å²) in [6.45, 7) is 1.80. The first-order valence-corrected chi connectivity index (χ1v) is 4.72. The van der Waals surface area contributed by atoms with Gasteiger partial charge in [-0.05, 0) is 12.7 Å². The van der Waals surface area contributed by atoms with E-state index in [1.807, 2.05) is 6.26 Å². The number of thioether (sulfide) groups is 1. The quantitative estimate of drug-likeness (QED) is 0.392. The highest BCUT2D eigenvalue weighted by molar-refractivity contribution is 14.0. The summed E-state index contributed by atoms with van der Waals surface area (Å²) in [4.78, 5) is 8.19. The van der Waals surface area contributed by atoms with E-state index < -0.39 is 0 Å². The maximum atomic E-state index is 5.50. The zero-order valence-electron chi connectivity index (χ0n) is 6.91. The first-order valence-electron chi connectivity index (χ1n) is 3.49. The van der Waals surface area contributed by atoms with E-state index in [0.29, 0.717) is 11.1 Å². The van der Waals surface area contributed by atoms with Crippen LogP contribution in [-0.4, -0.2) is 30.5 Å². The van der Waals surface area contributed by atoms with Crippen molar-refractivity contribution in [3.05, 3.63) is 0 Å². The Balaban J connectivity index is 0.00000121. The van der Waals surface area contributed by atoms with Gasteiger partial charge >= 0.3 is 0 Å². The van der Waals surface area contributed by atoms with E-state index in [-0.39, 0.29) is 24.0 Å². The number of guanidine groups is 1. The maximum absolute atomic E-state index is 5.50. The van der Waals surface area contributed by atoms with Gasteiger partial charge in [-0.3, -0.25) is 4.99 Å². The van der Waals surface area contributed by atoms with Crippen LogP contribution in [0.4, 0.5) is 0 Å². The number of nitrogens with zero attached hydrogens (tertiary/aromatic N) is 2.